The molecule has 7 nitrogen and oxygen atoms in total. The number of carbonyl (C=O) groups is 2. The summed E-state index contributed by atoms with van der Waals surface area (Å²) in [6, 6.07) is 3.07. The van der Waals surface area contributed by atoms with Gasteiger partial charge in [0.15, 0.2) is 17.6 Å². The van der Waals surface area contributed by atoms with Crippen molar-refractivity contribution in [1.29, 1.82) is 0 Å². The predicted molar refractivity (Wildman–Crippen MR) is 113 cm³/mol. The summed E-state index contributed by atoms with van der Waals surface area (Å²) < 4.78 is 31.6. The molecule has 2 amide bonds. The van der Waals surface area contributed by atoms with Gasteiger partial charge in [0.2, 0.25) is 0 Å². The minimum absolute atomic E-state index is 0.0170. The van der Waals surface area contributed by atoms with Gasteiger partial charge < -0.3 is 15.4 Å². The van der Waals surface area contributed by atoms with Crippen LogP contribution in [0.2, 0.25) is 0 Å². The van der Waals surface area contributed by atoms with E-state index in [9.17, 15) is 18.4 Å². The summed E-state index contributed by atoms with van der Waals surface area (Å²) in [5, 5.41) is 8.91. The van der Waals surface area contributed by atoms with E-state index in [4.69, 9.17) is 9.73 Å². The van der Waals surface area contributed by atoms with Gasteiger partial charge in [-0.1, -0.05) is 0 Å². The van der Waals surface area contributed by atoms with Crippen LogP contribution in [0.15, 0.2) is 23.2 Å². The Morgan fingerprint density at radius 2 is 1.87 bits per heavy atom. The summed E-state index contributed by atoms with van der Waals surface area (Å²) in [4.78, 5) is 28.9. The summed E-state index contributed by atoms with van der Waals surface area (Å²) in [5.41, 5.74) is -0.127. The fraction of sp³-hybridized carbons (Fsp3) is 0.591. The number of halogens is 2. The van der Waals surface area contributed by atoms with E-state index in [0.29, 0.717) is 12.6 Å². The van der Waals surface area contributed by atoms with Crippen molar-refractivity contribution >= 4 is 18.0 Å². The highest BCUT2D eigenvalue weighted by Crippen LogP contribution is 2.31. The van der Waals surface area contributed by atoms with Crippen LogP contribution in [0, 0.1) is 11.6 Å². The lowest BCUT2D eigenvalue weighted by atomic mass is 9.79. The number of aliphatic imine (C=N–C) groups is 1. The zero-order valence-electron chi connectivity index (χ0n) is 18.0. The smallest absolute Gasteiger partial charge is 0.407 e. The first-order valence-electron chi connectivity index (χ1n) is 10.8. The van der Waals surface area contributed by atoms with Crippen LogP contribution in [0.4, 0.5) is 13.6 Å². The molecule has 2 saturated carbocycles. The Morgan fingerprint density at radius 3 is 2.45 bits per heavy atom. The van der Waals surface area contributed by atoms with E-state index in [1.807, 2.05) is 0 Å². The van der Waals surface area contributed by atoms with Crippen molar-refractivity contribution in [3.63, 3.8) is 0 Å². The predicted octanol–water partition coefficient (Wildman–Crippen LogP) is 3.64. The van der Waals surface area contributed by atoms with E-state index in [0.717, 1.165) is 57.1 Å². The number of nitrogens with one attached hydrogen (secondary N) is 3. The molecular weight excluding hydrogens is 406 g/mol. The molecule has 0 spiro atoms. The third kappa shape index (κ3) is 6.38. The molecule has 1 aromatic carbocycles. The van der Waals surface area contributed by atoms with Crippen LogP contribution in [0.3, 0.4) is 0 Å². The molecule has 3 N–H and O–H groups in total. The molecule has 0 atom stereocenters. The first kappa shape index (κ1) is 23.0. The lowest BCUT2D eigenvalue weighted by molar-refractivity contribution is 0.0973. The fourth-order valence-corrected chi connectivity index (χ4v) is 3.90. The number of alkyl carbamates (subject to hydrolysis) is 1. The highest BCUT2D eigenvalue weighted by molar-refractivity contribution is 6.05. The van der Waals surface area contributed by atoms with E-state index in [1.54, 1.807) is 6.92 Å². The number of nitrogens with zero attached hydrogens (tertiary/aromatic N) is 1. The van der Waals surface area contributed by atoms with Crippen molar-refractivity contribution in [2.45, 2.75) is 76.4 Å². The van der Waals surface area contributed by atoms with Crippen LogP contribution < -0.4 is 16.0 Å². The standard InChI is InChI=1S/C22H30F2N4O3/c1-3-31-21(30)26-16-8-6-15(7-9-16)25-20(28-22(2)11-4-12-22)27-19(29)14-5-10-17(23)18(24)13-14/h5,10,13,15-16H,3-4,6-9,11-12H2,1-2H3,(H,26,30)(H2,25,27,28,29). The lowest BCUT2D eigenvalue weighted by Crippen LogP contribution is -2.56. The lowest BCUT2D eigenvalue weighted by Gasteiger charge is -2.40. The van der Waals surface area contributed by atoms with E-state index in [-0.39, 0.29) is 23.2 Å². The number of hydrogen-bond acceptors (Lipinski definition) is 4. The van der Waals surface area contributed by atoms with Gasteiger partial charge in [0.05, 0.1) is 12.6 Å². The van der Waals surface area contributed by atoms with Crippen LogP contribution >= 0.6 is 0 Å². The molecule has 1 aromatic rings. The van der Waals surface area contributed by atoms with Crippen LogP contribution in [0.1, 0.15) is 69.2 Å². The number of carbonyl (C=O) groups excluding carboxylic acids is 2. The van der Waals surface area contributed by atoms with Crippen molar-refractivity contribution < 1.29 is 23.1 Å². The fourth-order valence-electron chi connectivity index (χ4n) is 3.90. The monoisotopic (exact) mass is 436 g/mol. The van der Waals surface area contributed by atoms with Crippen molar-refractivity contribution in [2.24, 2.45) is 4.99 Å². The molecule has 2 aliphatic carbocycles. The van der Waals surface area contributed by atoms with Crippen LogP contribution in [0.5, 0.6) is 0 Å². The van der Waals surface area contributed by atoms with Gasteiger partial charge in [0.25, 0.3) is 5.91 Å². The Hall–Kier alpha value is -2.71. The number of guanidine groups is 1. The highest BCUT2D eigenvalue weighted by atomic mass is 19.2. The van der Waals surface area contributed by atoms with E-state index in [2.05, 4.69) is 22.9 Å². The number of hydrogen-bond donors (Lipinski definition) is 3. The van der Waals surface area contributed by atoms with Gasteiger partial charge in [-0.15, -0.1) is 0 Å². The van der Waals surface area contributed by atoms with Crippen LogP contribution in [0.25, 0.3) is 0 Å². The largest absolute Gasteiger partial charge is 0.450 e. The third-order valence-corrected chi connectivity index (χ3v) is 5.90. The minimum Gasteiger partial charge on any atom is -0.450 e. The summed E-state index contributed by atoms with van der Waals surface area (Å²) in [6.45, 7) is 4.16. The second-order valence-electron chi connectivity index (χ2n) is 8.47. The molecule has 0 radical (unpaired) electrons. The van der Waals surface area contributed by atoms with Gasteiger partial charge in [0.1, 0.15) is 0 Å². The normalized spacial score (nSPS) is 22.8. The summed E-state index contributed by atoms with van der Waals surface area (Å²) in [6.07, 6.45) is 5.63. The summed E-state index contributed by atoms with van der Waals surface area (Å²) in [7, 11) is 0. The maximum atomic E-state index is 13.5. The summed E-state index contributed by atoms with van der Waals surface area (Å²) in [5.74, 6) is -2.28. The Morgan fingerprint density at radius 1 is 1.16 bits per heavy atom. The van der Waals surface area contributed by atoms with Crippen molar-refractivity contribution in [3.8, 4) is 0 Å². The minimum atomic E-state index is -1.07. The Labute approximate surface area is 181 Å². The first-order chi connectivity index (χ1) is 14.8. The number of amides is 2. The molecule has 0 saturated heterocycles. The van der Waals surface area contributed by atoms with E-state index < -0.39 is 23.6 Å². The Balaban J connectivity index is 1.64. The van der Waals surface area contributed by atoms with Crippen LogP contribution in [-0.4, -0.2) is 42.2 Å². The maximum absolute atomic E-state index is 13.5. The van der Waals surface area contributed by atoms with Crippen molar-refractivity contribution in [1.82, 2.24) is 16.0 Å². The molecular formula is C22H30F2N4O3. The SMILES string of the molecule is CCOC(=O)NC1CCC(N=C(NC(=O)c2ccc(F)c(F)c2)NC2(C)CCC2)CC1. The number of rotatable bonds is 5. The van der Waals surface area contributed by atoms with Crippen molar-refractivity contribution in [2.75, 3.05) is 6.61 Å². The molecule has 0 bridgehead atoms. The van der Waals surface area contributed by atoms with E-state index >= 15 is 0 Å². The first-order valence-corrected chi connectivity index (χ1v) is 10.8. The molecule has 170 valence electrons. The number of benzene rings is 1. The zero-order valence-corrected chi connectivity index (χ0v) is 18.0. The molecule has 9 heteroatoms. The van der Waals surface area contributed by atoms with Gasteiger partial charge in [0, 0.05) is 17.1 Å². The molecule has 2 aliphatic rings. The summed E-state index contributed by atoms with van der Waals surface area (Å²) >= 11 is 0. The van der Waals surface area contributed by atoms with Gasteiger partial charge in [-0.3, -0.25) is 10.1 Å². The van der Waals surface area contributed by atoms with Gasteiger partial charge in [-0.05, 0) is 77.0 Å². The average Bonchev–Trinajstić information content (AvgIpc) is 2.70. The van der Waals surface area contributed by atoms with Crippen molar-refractivity contribution in [3.05, 3.63) is 35.4 Å². The Kier molecular flexibility index (Phi) is 7.46. The zero-order chi connectivity index (χ0) is 22.4. The molecule has 2 fully saturated rings. The molecule has 0 aromatic heterocycles. The molecule has 31 heavy (non-hydrogen) atoms. The Bertz CT molecular complexity index is 834. The average molecular weight is 437 g/mol. The van der Waals surface area contributed by atoms with Gasteiger partial charge in [-0.2, -0.15) is 0 Å². The van der Waals surface area contributed by atoms with Gasteiger partial charge in [-0.25, -0.2) is 18.6 Å². The second kappa shape index (κ2) is 10.1. The topological polar surface area (TPSA) is 91.8 Å². The number of ether oxygens (including phenoxy) is 1. The highest BCUT2D eigenvalue weighted by Gasteiger charge is 2.33. The third-order valence-electron chi connectivity index (χ3n) is 5.90. The van der Waals surface area contributed by atoms with Gasteiger partial charge >= 0.3 is 6.09 Å². The van der Waals surface area contributed by atoms with E-state index in [1.165, 1.54) is 6.07 Å². The second-order valence-corrected chi connectivity index (χ2v) is 8.47. The molecule has 3 rings (SSSR count). The molecule has 0 aliphatic heterocycles. The molecule has 0 heterocycles. The quantitative estimate of drug-likeness (QED) is 0.485. The molecule has 0 unspecified atom stereocenters. The maximum Gasteiger partial charge on any atom is 0.407 e. The van der Waals surface area contributed by atoms with Crippen LogP contribution in [-0.2, 0) is 4.74 Å².